The standard InChI is InChI=1S/C20H21FN2S/c1-15-5-9-18(10-6-15)22-20-16(4-3-13-23(20)2)14-24-19-11-7-17(21)8-12-19/h5-12,14H,3-4,13H2,1-2H3/b16-14+,22-20?. The Kier molecular flexibility index (Phi) is 5.36. The third-order valence-corrected chi connectivity index (χ3v) is 4.96. The Hall–Kier alpha value is -2.07. The molecule has 1 saturated heterocycles. The lowest BCUT2D eigenvalue weighted by Crippen LogP contribution is -2.33. The second kappa shape index (κ2) is 7.67. The zero-order valence-electron chi connectivity index (χ0n) is 14.0. The predicted molar refractivity (Wildman–Crippen MR) is 100 cm³/mol. The molecule has 0 aromatic heterocycles. The van der Waals surface area contributed by atoms with Crippen LogP contribution in [0.5, 0.6) is 0 Å². The number of benzene rings is 2. The van der Waals surface area contributed by atoms with Crippen molar-refractivity contribution in [3.8, 4) is 0 Å². The Morgan fingerprint density at radius 2 is 1.79 bits per heavy atom. The molecule has 0 bridgehead atoms. The molecule has 1 aliphatic heterocycles. The van der Waals surface area contributed by atoms with Crippen molar-refractivity contribution in [3.63, 3.8) is 0 Å². The van der Waals surface area contributed by atoms with Crippen LogP contribution in [0.25, 0.3) is 0 Å². The Morgan fingerprint density at radius 3 is 2.50 bits per heavy atom. The highest BCUT2D eigenvalue weighted by atomic mass is 32.2. The topological polar surface area (TPSA) is 15.6 Å². The summed E-state index contributed by atoms with van der Waals surface area (Å²) in [6.07, 6.45) is 2.14. The lowest BCUT2D eigenvalue weighted by atomic mass is 10.1. The van der Waals surface area contributed by atoms with Crippen LogP contribution in [0, 0.1) is 12.7 Å². The van der Waals surface area contributed by atoms with E-state index < -0.39 is 0 Å². The second-order valence-electron chi connectivity index (χ2n) is 6.01. The van der Waals surface area contributed by atoms with E-state index >= 15 is 0 Å². The number of hydrogen-bond acceptors (Lipinski definition) is 2. The van der Waals surface area contributed by atoms with Gasteiger partial charge in [-0.2, -0.15) is 0 Å². The molecule has 2 nitrogen and oxygen atoms in total. The van der Waals surface area contributed by atoms with Crippen LogP contribution in [0.1, 0.15) is 18.4 Å². The van der Waals surface area contributed by atoms with Crippen molar-refractivity contribution >= 4 is 23.3 Å². The van der Waals surface area contributed by atoms with E-state index in [4.69, 9.17) is 4.99 Å². The molecule has 0 aliphatic carbocycles. The fraction of sp³-hybridized carbons (Fsp3) is 0.250. The third kappa shape index (κ3) is 4.26. The van der Waals surface area contributed by atoms with Gasteiger partial charge in [-0.3, -0.25) is 0 Å². The number of rotatable bonds is 3. The molecular formula is C20H21FN2S. The van der Waals surface area contributed by atoms with Gasteiger partial charge in [0, 0.05) is 24.1 Å². The summed E-state index contributed by atoms with van der Waals surface area (Å²) in [4.78, 5) is 8.09. The van der Waals surface area contributed by atoms with Crippen molar-refractivity contribution in [1.82, 2.24) is 4.90 Å². The first-order chi connectivity index (χ1) is 11.6. The first-order valence-corrected chi connectivity index (χ1v) is 8.98. The van der Waals surface area contributed by atoms with Crippen LogP contribution in [-0.2, 0) is 0 Å². The van der Waals surface area contributed by atoms with Crippen molar-refractivity contribution in [2.24, 2.45) is 4.99 Å². The number of aryl methyl sites for hydroxylation is 1. The lowest BCUT2D eigenvalue weighted by Gasteiger charge is -2.28. The quantitative estimate of drug-likeness (QED) is 0.679. The van der Waals surface area contributed by atoms with Crippen LogP contribution < -0.4 is 0 Å². The highest BCUT2D eigenvalue weighted by Crippen LogP contribution is 2.27. The molecule has 0 spiro atoms. The van der Waals surface area contributed by atoms with Gasteiger partial charge in [-0.1, -0.05) is 29.5 Å². The summed E-state index contributed by atoms with van der Waals surface area (Å²) >= 11 is 1.62. The van der Waals surface area contributed by atoms with E-state index in [0.29, 0.717) is 0 Å². The number of piperidine rings is 1. The summed E-state index contributed by atoms with van der Waals surface area (Å²) in [5, 5.41) is 2.15. The maximum Gasteiger partial charge on any atom is 0.132 e. The molecule has 24 heavy (non-hydrogen) atoms. The summed E-state index contributed by atoms with van der Waals surface area (Å²) < 4.78 is 13.0. The maximum atomic E-state index is 13.0. The summed E-state index contributed by atoms with van der Waals surface area (Å²) in [6.45, 7) is 3.09. The van der Waals surface area contributed by atoms with E-state index in [1.165, 1.54) is 23.3 Å². The van der Waals surface area contributed by atoms with E-state index in [-0.39, 0.29) is 5.82 Å². The largest absolute Gasteiger partial charge is 0.359 e. The molecule has 0 amide bonds. The van der Waals surface area contributed by atoms with Crippen LogP contribution in [0.15, 0.2) is 69.4 Å². The van der Waals surface area contributed by atoms with Crippen LogP contribution in [0.4, 0.5) is 10.1 Å². The number of hydrogen-bond donors (Lipinski definition) is 0. The van der Waals surface area contributed by atoms with Crippen LogP contribution in [0.3, 0.4) is 0 Å². The predicted octanol–water partition coefficient (Wildman–Crippen LogP) is 5.57. The molecule has 2 aromatic rings. The van der Waals surface area contributed by atoms with Gasteiger partial charge in [-0.25, -0.2) is 9.38 Å². The minimum atomic E-state index is -0.203. The molecule has 2 aromatic carbocycles. The normalized spacial score (nSPS) is 18.4. The summed E-state index contributed by atoms with van der Waals surface area (Å²) in [5.74, 6) is 0.825. The molecule has 1 heterocycles. The molecule has 0 radical (unpaired) electrons. The minimum Gasteiger partial charge on any atom is -0.359 e. The fourth-order valence-corrected chi connectivity index (χ4v) is 3.43. The number of aliphatic imine (C=N–C) groups is 1. The van der Waals surface area contributed by atoms with Gasteiger partial charge in [0.15, 0.2) is 0 Å². The summed E-state index contributed by atoms with van der Waals surface area (Å²) in [6, 6.07) is 14.9. The van der Waals surface area contributed by atoms with Crippen molar-refractivity contribution in [2.75, 3.05) is 13.6 Å². The number of halogens is 1. The molecule has 0 saturated carbocycles. The van der Waals surface area contributed by atoms with E-state index in [9.17, 15) is 4.39 Å². The SMILES string of the molecule is Cc1ccc(N=C2/C(=C/Sc3ccc(F)cc3)CCCN2C)cc1. The van der Waals surface area contributed by atoms with Gasteiger partial charge >= 0.3 is 0 Å². The third-order valence-electron chi connectivity index (χ3n) is 4.01. The number of amidine groups is 1. The average Bonchev–Trinajstić information content (AvgIpc) is 2.59. The molecule has 1 fully saturated rings. The van der Waals surface area contributed by atoms with E-state index in [1.54, 1.807) is 23.9 Å². The lowest BCUT2D eigenvalue weighted by molar-refractivity contribution is 0.464. The monoisotopic (exact) mass is 340 g/mol. The van der Waals surface area contributed by atoms with Gasteiger partial charge in [0.05, 0.1) is 5.69 Å². The van der Waals surface area contributed by atoms with Crippen LogP contribution in [0.2, 0.25) is 0 Å². The fourth-order valence-electron chi connectivity index (χ4n) is 2.63. The Balaban J connectivity index is 1.84. The highest BCUT2D eigenvalue weighted by molar-refractivity contribution is 8.02. The minimum absolute atomic E-state index is 0.203. The maximum absolute atomic E-state index is 13.0. The molecule has 0 unspecified atom stereocenters. The van der Waals surface area contributed by atoms with Crippen molar-refractivity contribution in [3.05, 3.63) is 70.9 Å². The summed E-state index contributed by atoms with van der Waals surface area (Å²) in [7, 11) is 2.09. The van der Waals surface area contributed by atoms with Crippen LogP contribution in [-0.4, -0.2) is 24.3 Å². The first-order valence-electron chi connectivity index (χ1n) is 8.10. The van der Waals surface area contributed by atoms with Gasteiger partial charge < -0.3 is 4.90 Å². The second-order valence-corrected chi connectivity index (χ2v) is 6.95. The number of likely N-dealkylation sites (N-methyl/N-ethyl adjacent to an activating group) is 1. The number of nitrogens with zero attached hydrogens (tertiary/aromatic N) is 2. The van der Waals surface area contributed by atoms with Gasteiger partial charge in [0.1, 0.15) is 11.7 Å². The van der Waals surface area contributed by atoms with E-state index in [0.717, 1.165) is 35.8 Å². The van der Waals surface area contributed by atoms with E-state index in [2.05, 4.69) is 48.5 Å². The zero-order chi connectivity index (χ0) is 16.9. The molecule has 3 rings (SSSR count). The van der Waals surface area contributed by atoms with Crippen molar-refractivity contribution < 1.29 is 4.39 Å². The Labute approximate surface area is 147 Å². The molecular weight excluding hydrogens is 319 g/mol. The smallest absolute Gasteiger partial charge is 0.132 e. The molecule has 0 atom stereocenters. The van der Waals surface area contributed by atoms with Gasteiger partial charge in [-0.15, -0.1) is 0 Å². The first kappa shape index (κ1) is 16.8. The zero-order valence-corrected chi connectivity index (χ0v) is 14.8. The average molecular weight is 340 g/mol. The molecule has 0 N–H and O–H groups in total. The van der Waals surface area contributed by atoms with E-state index in [1.807, 2.05) is 0 Å². The van der Waals surface area contributed by atoms with Crippen molar-refractivity contribution in [2.45, 2.75) is 24.7 Å². The molecule has 124 valence electrons. The van der Waals surface area contributed by atoms with Gasteiger partial charge in [0.2, 0.25) is 0 Å². The van der Waals surface area contributed by atoms with Crippen molar-refractivity contribution in [1.29, 1.82) is 0 Å². The summed E-state index contributed by atoms with van der Waals surface area (Å²) in [5.41, 5.74) is 3.44. The van der Waals surface area contributed by atoms with Gasteiger partial charge in [0.25, 0.3) is 0 Å². The number of likely N-dealkylation sites (tertiary alicyclic amines) is 1. The molecule has 4 heteroatoms. The Morgan fingerprint density at radius 1 is 1.08 bits per heavy atom. The number of thioether (sulfide) groups is 1. The highest BCUT2D eigenvalue weighted by Gasteiger charge is 2.18. The molecule has 1 aliphatic rings. The van der Waals surface area contributed by atoms with Crippen LogP contribution >= 0.6 is 11.8 Å². The van der Waals surface area contributed by atoms with Gasteiger partial charge in [-0.05, 0) is 61.6 Å². The Bertz CT molecular complexity index is 748.